The van der Waals surface area contributed by atoms with Crippen molar-refractivity contribution in [1.82, 2.24) is 15.0 Å². The van der Waals surface area contributed by atoms with Crippen LogP contribution in [0, 0.1) is 6.92 Å². The Labute approximate surface area is 141 Å². The molecule has 7 heteroatoms. The van der Waals surface area contributed by atoms with Gasteiger partial charge in [-0.25, -0.2) is 4.68 Å². The Morgan fingerprint density at radius 1 is 1.08 bits per heavy atom. The molecular weight excluding hydrogens is 339 g/mol. The largest absolute Gasteiger partial charge is 0.416 e. The molecule has 0 saturated heterocycles. The predicted octanol–water partition coefficient (Wildman–Crippen LogP) is 5.00. The van der Waals surface area contributed by atoms with Crippen molar-refractivity contribution >= 4 is 11.6 Å². The summed E-state index contributed by atoms with van der Waals surface area (Å²) >= 11 is 5.93. The zero-order chi connectivity index (χ0) is 17.3. The second-order valence-corrected chi connectivity index (χ2v) is 5.62. The van der Waals surface area contributed by atoms with Gasteiger partial charge in [-0.3, -0.25) is 0 Å². The summed E-state index contributed by atoms with van der Waals surface area (Å²) in [6.07, 6.45) is -4.42. The van der Waals surface area contributed by atoms with Crippen LogP contribution in [-0.4, -0.2) is 15.0 Å². The van der Waals surface area contributed by atoms with E-state index in [0.29, 0.717) is 11.4 Å². The van der Waals surface area contributed by atoms with Gasteiger partial charge >= 0.3 is 6.18 Å². The van der Waals surface area contributed by atoms with Gasteiger partial charge in [0, 0.05) is 5.56 Å². The fraction of sp³-hybridized carbons (Fsp3) is 0.176. The summed E-state index contributed by atoms with van der Waals surface area (Å²) in [5.41, 5.74) is 2.47. The van der Waals surface area contributed by atoms with Crippen LogP contribution in [0.1, 0.15) is 16.8 Å². The van der Waals surface area contributed by atoms with E-state index in [1.54, 1.807) is 6.07 Å². The average molecular weight is 352 g/mol. The maximum atomic E-state index is 13.0. The standard InChI is InChI=1S/C17H13ClF3N3/c1-11-4-2-5-12(8-11)16-15(10-18)22-23-24(16)14-7-3-6-13(9-14)17(19,20)21/h2-9H,10H2,1H3. The molecule has 3 nitrogen and oxygen atoms in total. The highest BCUT2D eigenvalue weighted by Crippen LogP contribution is 2.32. The first-order valence-corrected chi connectivity index (χ1v) is 7.69. The Bertz CT molecular complexity index is 872. The molecule has 2 aromatic carbocycles. The molecule has 0 unspecified atom stereocenters. The lowest BCUT2D eigenvalue weighted by Gasteiger charge is -2.11. The van der Waals surface area contributed by atoms with Crippen molar-refractivity contribution in [2.45, 2.75) is 19.0 Å². The van der Waals surface area contributed by atoms with E-state index >= 15 is 0 Å². The average Bonchev–Trinajstić information content (AvgIpc) is 2.98. The van der Waals surface area contributed by atoms with Gasteiger partial charge in [0.15, 0.2) is 0 Å². The predicted molar refractivity (Wildman–Crippen MR) is 86.1 cm³/mol. The highest BCUT2D eigenvalue weighted by Gasteiger charge is 2.31. The molecular formula is C17H13ClF3N3. The third kappa shape index (κ3) is 3.14. The summed E-state index contributed by atoms with van der Waals surface area (Å²) in [6, 6.07) is 12.5. The van der Waals surface area contributed by atoms with Crippen LogP contribution in [0.2, 0.25) is 0 Å². The van der Waals surface area contributed by atoms with Crippen LogP contribution in [0.25, 0.3) is 16.9 Å². The van der Waals surface area contributed by atoms with Crippen LogP contribution in [0.5, 0.6) is 0 Å². The molecule has 3 aromatic rings. The minimum absolute atomic E-state index is 0.113. The van der Waals surface area contributed by atoms with E-state index < -0.39 is 11.7 Å². The molecule has 0 amide bonds. The molecule has 24 heavy (non-hydrogen) atoms. The SMILES string of the molecule is Cc1cccc(-c2c(CCl)nnn2-c2cccc(C(F)(F)F)c2)c1. The molecule has 0 saturated carbocycles. The number of nitrogens with zero attached hydrogens (tertiary/aromatic N) is 3. The summed E-state index contributed by atoms with van der Waals surface area (Å²) in [7, 11) is 0. The number of hydrogen-bond donors (Lipinski definition) is 0. The molecule has 0 radical (unpaired) electrons. The summed E-state index contributed by atoms with van der Waals surface area (Å²) in [6.45, 7) is 1.93. The van der Waals surface area contributed by atoms with Gasteiger partial charge in [-0.1, -0.05) is 35.0 Å². The van der Waals surface area contributed by atoms with E-state index in [4.69, 9.17) is 11.6 Å². The smallest absolute Gasteiger partial charge is 0.213 e. The Hall–Kier alpha value is -2.34. The monoisotopic (exact) mass is 351 g/mol. The van der Waals surface area contributed by atoms with Crippen molar-refractivity contribution in [1.29, 1.82) is 0 Å². The number of aromatic nitrogens is 3. The van der Waals surface area contributed by atoms with Crippen molar-refractivity contribution in [3.8, 4) is 16.9 Å². The van der Waals surface area contributed by atoms with Crippen LogP contribution in [0.15, 0.2) is 48.5 Å². The molecule has 3 rings (SSSR count). The Balaban J connectivity index is 2.18. The van der Waals surface area contributed by atoms with Gasteiger partial charge in [-0.2, -0.15) is 13.2 Å². The van der Waals surface area contributed by atoms with Crippen LogP contribution in [-0.2, 0) is 12.1 Å². The second-order valence-electron chi connectivity index (χ2n) is 5.35. The minimum Gasteiger partial charge on any atom is -0.213 e. The summed E-state index contributed by atoms with van der Waals surface area (Å²) in [5.74, 6) is 0.113. The number of alkyl halides is 4. The third-order valence-corrected chi connectivity index (χ3v) is 3.83. The summed E-state index contributed by atoms with van der Waals surface area (Å²) in [4.78, 5) is 0. The van der Waals surface area contributed by atoms with Crippen LogP contribution >= 0.6 is 11.6 Å². The highest BCUT2D eigenvalue weighted by molar-refractivity contribution is 6.17. The first-order chi connectivity index (χ1) is 11.4. The minimum atomic E-state index is -4.42. The van der Waals surface area contributed by atoms with E-state index in [9.17, 15) is 13.2 Å². The number of halogens is 4. The van der Waals surface area contributed by atoms with E-state index in [1.807, 2.05) is 31.2 Å². The lowest BCUT2D eigenvalue weighted by molar-refractivity contribution is -0.137. The molecule has 0 bridgehead atoms. The van der Waals surface area contributed by atoms with Crippen LogP contribution in [0.4, 0.5) is 13.2 Å². The van der Waals surface area contributed by atoms with E-state index in [2.05, 4.69) is 10.3 Å². The molecule has 0 spiro atoms. The zero-order valence-electron chi connectivity index (χ0n) is 12.7. The normalized spacial score (nSPS) is 11.7. The summed E-state index contributed by atoms with van der Waals surface area (Å²) in [5, 5.41) is 8.01. The number of aryl methyl sites for hydroxylation is 1. The number of hydrogen-bond acceptors (Lipinski definition) is 2. The lowest BCUT2D eigenvalue weighted by Crippen LogP contribution is -2.07. The first kappa shape index (κ1) is 16.5. The fourth-order valence-electron chi connectivity index (χ4n) is 2.48. The van der Waals surface area contributed by atoms with Crippen molar-refractivity contribution in [3.63, 3.8) is 0 Å². The van der Waals surface area contributed by atoms with Gasteiger partial charge in [-0.15, -0.1) is 16.7 Å². The Morgan fingerprint density at radius 3 is 2.50 bits per heavy atom. The van der Waals surface area contributed by atoms with Gasteiger partial charge in [0.05, 0.1) is 22.8 Å². The third-order valence-electron chi connectivity index (χ3n) is 3.58. The van der Waals surface area contributed by atoms with Gasteiger partial charge < -0.3 is 0 Å². The van der Waals surface area contributed by atoms with Crippen LogP contribution < -0.4 is 0 Å². The van der Waals surface area contributed by atoms with Crippen molar-refractivity contribution in [2.75, 3.05) is 0 Å². The molecule has 124 valence electrons. The Kier molecular flexibility index (Phi) is 4.32. The van der Waals surface area contributed by atoms with E-state index in [1.165, 1.54) is 10.7 Å². The van der Waals surface area contributed by atoms with Gasteiger partial charge in [0.1, 0.15) is 5.69 Å². The Morgan fingerprint density at radius 2 is 1.83 bits per heavy atom. The van der Waals surface area contributed by atoms with Gasteiger partial charge in [0.2, 0.25) is 0 Å². The van der Waals surface area contributed by atoms with Gasteiger partial charge in [0.25, 0.3) is 0 Å². The fourth-order valence-corrected chi connectivity index (χ4v) is 2.66. The molecule has 1 aromatic heterocycles. The van der Waals surface area contributed by atoms with E-state index in [0.717, 1.165) is 23.3 Å². The zero-order valence-corrected chi connectivity index (χ0v) is 13.4. The van der Waals surface area contributed by atoms with Crippen molar-refractivity contribution in [2.24, 2.45) is 0 Å². The van der Waals surface area contributed by atoms with Gasteiger partial charge in [-0.05, 0) is 31.2 Å². The molecule has 0 fully saturated rings. The van der Waals surface area contributed by atoms with Crippen LogP contribution in [0.3, 0.4) is 0 Å². The van der Waals surface area contributed by atoms with Crippen molar-refractivity contribution in [3.05, 3.63) is 65.4 Å². The first-order valence-electron chi connectivity index (χ1n) is 7.15. The molecule has 0 aliphatic rings. The molecule has 0 N–H and O–H groups in total. The quantitative estimate of drug-likeness (QED) is 0.622. The van der Waals surface area contributed by atoms with Crippen molar-refractivity contribution < 1.29 is 13.2 Å². The molecule has 0 atom stereocenters. The number of rotatable bonds is 3. The topological polar surface area (TPSA) is 30.7 Å². The number of benzene rings is 2. The molecule has 0 aliphatic carbocycles. The highest BCUT2D eigenvalue weighted by atomic mass is 35.5. The molecule has 1 heterocycles. The lowest BCUT2D eigenvalue weighted by atomic mass is 10.1. The second kappa shape index (κ2) is 6.28. The molecule has 0 aliphatic heterocycles. The maximum absolute atomic E-state index is 13.0. The summed E-state index contributed by atoms with van der Waals surface area (Å²) < 4.78 is 40.3. The van der Waals surface area contributed by atoms with E-state index in [-0.39, 0.29) is 11.6 Å². The maximum Gasteiger partial charge on any atom is 0.416 e.